The van der Waals surface area contributed by atoms with E-state index in [9.17, 15) is 10.1 Å². The normalized spacial score (nSPS) is 18.6. The zero-order valence-electron chi connectivity index (χ0n) is 23.3. The van der Waals surface area contributed by atoms with Crippen molar-refractivity contribution in [1.29, 1.82) is 5.26 Å². The van der Waals surface area contributed by atoms with E-state index >= 15 is 0 Å². The van der Waals surface area contributed by atoms with Crippen LogP contribution in [0.2, 0.25) is 5.15 Å². The number of ketones is 1. The Morgan fingerprint density at radius 1 is 1.12 bits per heavy atom. The van der Waals surface area contributed by atoms with Crippen LogP contribution in [0.15, 0.2) is 83.5 Å². The van der Waals surface area contributed by atoms with Crippen molar-refractivity contribution in [2.24, 2.45) is 11.1 Å². The first-order valence-corrected chi connectivity index (χ1v) is 14.9. The number of Topliss-reactive ketones (excluding diaryl/α,β-unsaturated/α-hetero) is 1. The third-order valence-electron chi connectivity index (χ3n) is 7.74. The van der Waals surface area contributed by atoms with E-state index in [1.54, 1.807) is 17.2 Å². The Morgan fingerprint density at radius 2 is 1.88 bits per heavy atom. The highest BCUT2D eigenvalue weighted by molar-refractivity contribution is 7.97. The summed E-state index contributed by atoms with van der Waals surface area (Å²) in [4.78, 5) is 20.0. The summed E-state index contributed by atoms with van der Waals surface area (Å²) >= 11 is 8.40. The molecule has 1 atom stereocenters. The molecular weight excluding hydrogens is 536 g/mol. The molecular formula is C33H33ClN4OS. The number of allylic oxidation sites excluding steroid dienone is 3. The molecule has 1 aromatic heterocycles. The van der Waals surface area contributed by atoms with Crippen LogP contribution in [0, 0.1) is 30.6 Å². The van der Waals surface area contributed by atoms with E-state index in [-0.39, 0.29) is 16.4 Å². The van der Waals surface area contributed by atoms with Gasteiger partial charge in [-0.25, -0.2) is 4.98 Å². The van der Waals surface area contributed by atoms with Crippen LogP contribution in [0.3, 0.4) is 0 Å². The summed E-state index contributed by atoms with van der Waals surface area (Å²) in [6.45, 7) is 8.35. The predicted octanol–water partition coefficient (Wildman–Crippen LogP) is 7.73. The molecule has 0 amide bonds. The Hall–Kier alpha value is -3.53. The summed E-state index contributed by atoms with van der Waals surface area (Å²) in [6.07, 6.45) is 2.64. The van der Waals surface area contributed by atoms with Gasteiger partial charge in [0.1, 0.15) is 5.82 Å². The molecule has 3 aromatic rings. The van der Waals surface area contributed by atoms with Gasteiger partial charge in [0.25, 0.3) is 0 Å². The number of aromatic nitrogens is 1. The average Bonchev–Trinajstić information content (AvgIpc) is 2.90. The van der Waals surface area contributed by atoms with Gasteiger partial charge in [-0.15, -0.1) is 0 Å². The van der Waals surface area contributed by atoms with Crippen LogP contribution in [0.25, 0.3) is 0 Å². The molecule has 0 saturated carbocycles. The highest BCUT2D eigenvalue weighted by Gasteiger charge is 2.45. The summed E-state index contributed by atoms with van der Waals surface area (Å²) in [6, 6.07) is 20.7. The number of nitrogens with two attached hydrogens (primary N) is 1. The van der Waals surface area contributed by atoms with Crippen LogP contribution in [-0.4, -0.2) is 10.8 Å². The number of benzene rings is 2. The molecule has 5 nitrogen and oxygen atoms in total. The van der Waals surface area contributed by atoms with Gasteiger partial charge in [0.15, 0.2) is 10.9 Å². The topological polar surface area (TPSA) is 83.0 Å². The van der Waals surface area contributed by atoms with E-state index in [4.69, 9.17) is 17.3 Å². The smallest absolute Gasteiger partial charge is 0.162 e. The van der Waals surface area contributed by atoms with Gasteiger partial charge in [-0.1, -0.05) is 73.5 Å². The number of thioether (sulfide) groups is 1. The Bertz CT molecular complexity index is 1590. The number of halogens is 1. The number of hydrogen-bond donors (Lipinski definition) is 1. The molecule has 40 heavy (non-hydrogen) atoms. The van der Waals surface area contributed by atoms with E-state index in [1.807, 2.05) is 23.9 Å². The second kappa shape index (κ2) is 11.2. The molecule has 2 aromatic carbocycles. The summed E-state index contributed by atoms with van der Waals surface area (Å²) in [5.74, 6) is 1.54. The number of aryl methyl sites for hydroxylation is 1. The van der Waals surface area contributed by atoms with Crippen LogP contribution in [-0.2, 0) is 16.3 Å². The van der Waals surface area contributed by atoms with E-state index in [0.29, 0.717) is 35.5 Å². The van der Waals surface area contributed by atoms with Gasteiger partial charge < -0.3 is 5.73 Å². The minimum Gasteiger partial charge on any atom is -0.384 e. The maximum absolute atomic E-state index is 14.0. The van der Waals surface area contributed by atoms with Gasteiger partial charge in [0, 0.05) is 35.4 Å². The van der Waals surface area contributed by atoms with E-state index < -0.39 is 5.92 Å². The van der Waals surface area contributed by atoms with Crippen molar-refractivity contribution in [2.75, 3.05) is 4.90 Å². The van der Waals surface area contributed by atoms with E-state index in [1.165, 1.54) is 11.1 Å². The lowest BCUT2D eigenvalue weighted by Gasteiger charge is -2.44. The van der Waals surface area contributed by atoms with E-state index in [0.717, 1.165) is 33.9 Å². The average molecular weight is 569 g/mol. The fraction of sp³-hybridized carbons (Fsp3) is 0.303. The number of hydrogen-bond acceptors (Lipinski definition) is 6. The number of anilines is 1. The molecule has 204 valence electrons. The standard InChI is InChI=1S/C33H33ClN4OS/c1-20-13-23(19-40-18-22-9-6-5-7-10-22)21(2)24(14-20)29-25(17-35)32(36)38(26-11-8-12-37-31(26)34)27-15-33(3,4)16-28(39)30(27)29/h5-14,29H,15-16,18-19,36H2,1-4H3. The van der Waals surface area contributed by atoms with Crippen molar-refractivity contribution >= 4 is 34.8 Å². The maximum Gasteiger partial charge on any atom is 0.162 e. The van der Waals surface area contributed by atoms with E-state index in [2.05, 4.69) is 75.1 Å². The van der Waals surface area contributed by atoms with Crippen LogP contribution in [0.5, 0.6) is 0 Å². The summed E-state index contributed by atoms with van der Waals surface area (Å²) in [7, 11) is 0. The van der Waals surface area contributed by atoms with Crippen molar-refractivity contribution in [3.05, 3.63) is 116 Å². The fourth-order valence-electron chi connectivity index (χ4n) is 5.91. The summed E-state index contributed by atoms with van der Waals surface area (Å²) < 4.78 is 0. The molecule has 0 fully saturated rings. The first-order valence-electron chi connectivity index (χ1n) is 13.4. The second-order valence-corrected chi connectivity index (χ2v) is 12.8. The third kappa shape index (κ3) is 5.29. The molecule has 0 spiro atoms. The zero-order valence-corrected chi connectivity index (χ0v) is 24.9. The zero-order chi connectivity index (χ0) is 28.6. The Morgan fingerprint density at radius 3 is 2.58 bits per heavy atom. The van der Waals surface area contributed by atoms with Crippen molar-refractivity contribution in [2.45, 2.75) is 58.0 Å². The lowest BCUT2D eigenvalue weighted by molar-refractivity contribution is -0.118. The van der Waals surface area contributed by atoms with Gasteiger partial charge >= 0.3 is 0 Å². The molecule has 0 bridgehead atoms. The van der Waals surface area contributed by atoms with Gasteiger partial charge in [0.05, 0.1) is 23.2 Å². The van der Waals surface area contributed by atoms with Crippen molar-refractivity contribution in [3.8, 4) is 6.07 Å². The largest absolute Gasteiger partial charge is 0.384 e. The highest BCUT2D eigenvalue weighted by atomic mass is 35.5. The molecule has 5 rings (SSSR count). The second-order valence-electron chi connectivity index (χ2n) is 11.4. The number of pyridine rings is 1. The van der Waals surface area contributed by atoms with Gasteiger partial charge in [0.2, 0.25) is 0 Å². The Balaban J connectivity index is 1.64. The first kappa shape index (κ1) is 28.0. The monoisotopic (exact) mass is 568 g/mol. The first-order chi connectivity index (χ1) is 19.1. The minimum atomic E-state index is -0.534. The minimum absolute atomic E-state index is 0.0439. The van der Waals surface area contributed by atoms with Gasteiger partial charge in [-0.05, 0) is 60.1 Å². The van der Waals surface area contributed by atoms with Gasteiger partial charge in [-0.2, -0.15) is 17.0 Å². The molecule has 1 aliphatic heterocycles. The third-order valence-corrected chi connectivity index (χ3v) is 9.08. The molecule has 1 aliphatic carbocycles. The lowest BCUT2D eigenvalue weighted by Crippen LogP contribution is -2.42. The van der Waals surface area contributed by atoms with Crippen molar-refractivity contribution < 1.29 is 4.79 Å². The molecule has 2 heterocycles. The molecule has 1 unspecified atom stereocenters. The quantitative estimate of drug-likeness (QED) is 0.306. The lowest BCUT2D eigenvalue weighted by atomic mass is 9.68. The Labute approximate surface area is 245 Å². The molecule has 0 saturated heterocycles. The fourth-order valence-corrected chi connectivity index (χ4v) is 7.16. The maximum atomic E-state index is 14.0. The van der Waals surface area contributed by atoms with Crippen molar-refractivity contribution in [1.82, 2.24) is 4.98 Å². The summed E-state index contributed by atoms with van der Waals surface area (Å²) in [5, 5.41) is 10.8. The van der Waals surface area contributed by atoms with Crippen LogP contribution in [0.4, 0.5) is 5.69 Å². The Kier molecular flexibility index (Phi) is 7.81. The molecule has 7 heteroatoms. The van der Waals surface area contributed by atoms with Gasteiger partial charge in [-0.3, -0.25) is 9.69 Å². The SMILES string of the molecule is Cc1cc(CSCc2ccccc2)c(C)c(C2C(C#N)=C(N)N(c3cccnc3Cl)C3=C2C(=O)CC(C)(C)C3)c1. The number of nitrogens with zero attached hydrogens (tertiary/aromatic N) is 3. The van der Waals surface area contributed by atoms with Crippen LogP contribution < -0.4 is 10.6 Å². The predicted molar refractivity (Wildman–Crippen MR) is 164 cm³/mol. The number of carbonyl (C=O) groups is 1. The molecule has 2 aliphatic rings. The molecule has 0 radical (unpaired) electrons. The number of nitriles is 1. The number of carbonyl (C=O) groups excluding carboxylic acids is 1. The summed E-state index contributed by atoms with van der Waals surface area (Å²) in [5.41, 5.74) is 14.6. The molecule has 2 N–H and O–H groups in total. The van der Waals surface area contributed by atoms with Crippen molar-refractivity contribution in [3.63, 3.8) is 0 Å². The van der Waals surface area contributed by atoms with Crippen LogP contribution in [0.1, 0.15) is 60.4 Å². The number of rotatable bonds is 6. The van der Waals surface area contributed by atoms with Crippen LogP contribution >= 0.6 is 23.4 Å². The highest BCUT2D eigenvalue weighted by Crippen LogP contribution is 2.51.